The van der Waals surface area contributed by atoms with E-state index in [9.17, 15) is 0 Å². The second kappa shape index (κ2) is 3.20. The Bertz CT molecular complexity index is 587. The number of hydrogen-bond acceptors (Lipinski definition) is 3. The van der Waals surface area contributed by atoms with Crippen LogP contribution in [-0.2, 0) is 0 Å². The number of furan rings is 1. The average Bonchev–Trinajstić information content (AvgIpc) is 2.74. The highest BCUT2D eigenvalue weighted by Crippen LogP contribution is 2.28. The van der Waals surface area contributed by atoms with Crippen LogP contribution in [0.5, 0.6) is 0 Å². The van der Waals surface area contributed by atoms with Gasteiger partial charge in [-0.1, -0.05) is 12.1 Å². The van der Waals surface area contributed by atoms with Crippen LogP contribution in [0.3, 0.4) is 0 Å². The van der Waals surface area contributed by atoms with Crippen LogP contribution < -0.4 is 0 Å². The van der Waals surface area contributed by atoms with Gasteiger partial charge in [0, 0.05) is 28.9 Å². The quantitative estimate of drug-likeness (QED) is 0.599. The van der Waals surface area contributed by atoms with Crippen LogP contribution in [0.25, 0.3) is 22.1 Å². The van der Waals surface area contributed by atoms with Crippen LogP contribution in [-0.4, -0.2) is 9.97 Å². The van der Waals surface area contributed by atoms with Crippen molar-refractivity contribution in [3.05, 3.63) is 49.2 Å². The van der Waals surface area contributed by atoms with Crippen molar-refractivity contribution in [2.75, 3.05) is 0 Å². The Morgan fingerprint density at radius 2 is 2.07 bits per heavy atom. The van der Waals surface area contributed by atoms with Gasteiger partial charge in [-0.3, -0.25) is 0 Å². The van der Waals surface area contributed by atoms with Gasteiger partial charge in [0.1, 0.15) is 11.9 Å². The lowest BCUT2D eigenvalue weighted by Crippen LogP contribution is -1.79. The van der Waals surface area contributed by atoms with E-state index in [4.69, 9.17) is 4.42 Å². The standard InChI is InChI=1S/C12H7N2O/c1-2-4-12-10(3-1)11(7-15-12)9-5-13-8-14-6-9/h1-2,4-8H. The predicted octanol–water partition coefficient (Wildman–Crippen LogP) is 2.69. The third-order valence-corrected chi connectivity index (χ3v) is 2.26. The van der Waals surface area contributed by atoms with E-state index >= 15 is 0 Å². The highest BCUT2D eigenvalue weighted by molar-refractivity contribution is 5.92. The molecule has 15 heavy (non-hydrogen) atoms. The SMILES string of the molecule is [c]1cccc2occ(-c3cncnc3)c12. The fourth-order valence-corrected chi connectivity index (χ4v) is 1.56. The molecule has 3 nitrogen and oxygen atoms in total. The zero-order chi connectivity index (χ0) is 10.1. The summed E-state index contributed by atoms with van der Waals surface area (Å²) in [5.41, 5.74) is 2.75. The second-order valence-corrected chi connectivity index (χ2v) is 3.19. The molecule has 0 spiro atoms. The van der Waals surface area contributed by atoms with E-state index in [0.717, 1.165) is 22.1 Å². The lowest BCUT2D eigenvalue weighted by atomic mass is 10.1. The minimum atomic E-state index is 0.830. The fraction of sp³-hybridized carbons (Fsp3) is 0. The van der Waals surface area contributed by atoms with Crippen molar-refractivity contribution < 1.29 is 4.42 Å². The van der Waals surface area contributed by atoms with Crippen LogP contribution in [0.15, 0.2) is 47.6 Å². The van der Waals surface area contributed by atoms with E-state index in [1.165, 1.54) is 6.33 Å². The van der Waals surface area contributed by atoms with E-state index in [1.807, 2.05) is 18.2 Å². The average molecular weight is 195 g/mol. The Labute approximate surface area is 86.4 Å². The first-order valence-electron chi connectivity index (χ1n) is 4.58. The van der Waals surface area contributed by atoms with Crippen LogP contribution in [0.4, 0.5) is 0 Å². The van der Waals surface area contributed by atoms with Crippen LogP contribution >= 0.6 is 0 Å². The monoisotopic (exact) mass is 195 g/mol. The summed E-state index contributed by atoms with van der Waals surface area (Å²) < 4.78 is 5.42. The van der Waals surface area contributed by atoms with Crippen molar-refractivity contribution in [3.63, 3.8) is 0 Å². The number of aromatic nitrogens is 2. The summed E-state index contributed by atoms with van der Waals surface area (Å²) in [7, 11) is 0. The van der Waals surface area contributed by atoms with E-state index in [1.54, 1.807) is 18.7 Å². The molecule has 3 rings (SSSR count). The molecular formula is C12H7N2O. The summed E-state index contributed by atoms with van der Waals surface area (Å²) in [6, 6.07) is 8.83. The lowest BCUT2D eigenvalue weighted by Gasteiger charge is -1.94. The molecule has 0 unspecified atom stereocenters. The molecule has 3 heteroatoms. The van der Waals surface area contributed by atoms with Gasteiger partial charge in [-0.05, 0) is 12.1 Å². The first-order chi connectivity index (χ1) is 7.45. The Morgan fingerprint density at radius 1 is 1.20 bits per heavy atom. The summed E-state index contributed by atoms with van der Waals surface area (Å²) in [4.78, 5) is 7.96. The molecule has 0 aliphatic rings. The maximum atomic E-state index is 5.42. The molecule has 71 valence electrons. The molecule has 0 N–H and O–H groups in total. The summed E-state index contributed by atoms with van der Waals surface area (Å²) in [5.74, 6) is 0. The van der Waals surface area contributed by atoms with Gasteiger partial charge in [0.2, 0.25) is 0 Å². The first-order valence-corrected chi connectivity index (χ1v) is 4.58. The smallest absolute Gasteiger partial charge is 0.135 e. The van der Waals surface area contributed by atoms with Crippen molar-refractivity contribution >= 4 is 11.0 Å². The molecule has 0 saturated carbocycles. The summed E-state index contributed by atoms with van der Waals surface area (Å²) >= 11 is 0. The van der Waals surface area contributed by atoms with Crippen molar-refractivity contribution in [2.45, 2.75) is 0 Å². The second-order valence-electron chi connectivity index (χ2n) is 3.19. The van der Waals surface area contributed by atoms with Gasteiger partial charge >= 0.3 is 0 Å². The van der Waals surface area contributed by atoms with E-state index < -0.39 is 0 Å². The Hall–Kier alpha value is -2.16. The molecule has 0 bridgehead atoms. The van der Waals surface area contributed by atoms with Gasteiger partial charge in [0.05, 0.1) is 6.26 Å². The number of rotatable bonds is 1. The molecule has 0 fully saturated rings. The molecule has 0 aliphatic carbocycles. The number of benzene rings is 1. The maximum Gasteiger partial charge on any atom is 0.135 e. The fourth-order valence-electron chi connectivity index (χ4n) is 1.56. The van der Waals surface area contributed by atoms with E-state index in [0.29, 0.717) is 0 Å². The molecule has 2 aromatic heterocycles. The minimum absolute atomic E-state index is 0.830. The molecule has 0 amide bonds. The number of hydrogen-bond donors (Lipinski definition) is 0. The van der Waals surface area contributed by atoms with Crippen molar-refractivity contribution in [2.24, 2.45) is 0 Å². The molecule has 0 atom stereocenters. The van der Waals surface area contributed by atoms with Gasteiger partial charge in [-0.2, -0.15) is 0 Å². The van der Waals surface area contributed by atoms with Crippen molar-refractivity contribution in [1.29, 1.82) is 0 Å². The Balaban J connectivity index is 2.28. The molecule has 1 radical (unpaired) electrons. The first kappa shape index (κ1) is 8.17. The maximum absolute atomic E-state index is 5.42. The normalized spacial score (nSPS) is 10.7. The summed E-state index contributed by atoms with van der Waals surface area (Å²) in [6.45, 7) is 0. The number of fused-ring (bicyclic) bond motifs is 1. The molecular weight excluding hydrogens is 188 g/mol. The van der Waals surface area contributed by atoms with Gasteiger partial charge in [0.25, 0.3) is 0 Å². The van der Waals surface area contributed by atoms with E-state index in [-0.39, 0.29) is 0 Å². The molecule has 1 aromatic carbocycles. The van der Waals surface area contributed by atoms with Gasteiger partial charge in [-0.25, -0.2) is 9.97 Å². The third-order valence-electron chi connectivity index (χ3n) is 2.26. The summed E-state index contributed by atoms with van der Waals surface area (Å²) in [6.07, 6.45) is 6.74. The zero-order valence-electron chi connectivity index (χ0n) is 7.84. The third kappa shape index (κ3) is 1.29. The molecule has 0 aliphatic heterocycles. The van der Waals surface area contributed by atoms with Gasteiger partial charge in [0.15, 0.2) is 0 Å². The zero-order valence-corrected chi connectivity index (χ0v) is 7.84. The highest BCUT2D eigenvalue weighted by atomic mass is 16.3. The molecule has 0 saturated heterocycles. The minimum Gasteiger partial charge on any atom is -0.464 e. The van der Waals surface area contributed by atoms with Gasteiger partial charge < -0.3 is 4.42 Å². The Morgan fingerprint density at radius 3 is 2.93 bits per heavy atom. The Kier molecular flexibility index (Phi) is 1.75. The van der Waals surface area contributed by atoms with Crippen molar-refractivity contribution in [1.82, 2.24) is 9.97 Å². The topological polar surface area (TPSA) is 38.9 Å². The highest BCUT2D eigenvalue weighted by Gasteiger charge is 2.07. The lowest BCUT2D eigenvalue weighted by molar-refractivity contribution is 0.617. The predicted molar refractivity (Wildman–Crippen MR) is 56.1 cm³/mol. The van der Waals surface area contributed by atoms with Crippen LogP contribution in [0.2, 0.25) is 0 Å². The molecule has 3 aromatic rings. The van der Waals surface area contributed by atoms with Crippen LogP contribution in [0, 0.1) is 6.07 Å². The number of nitrogens with zero attached hydrogens (tertiary/aromatic N) is 2. The van der Waals surface area contributed by atoms with E-state index in [2.05, 4.69) is 16.0 Å². The van der Waals surface area contributed by atoms with Gasteiger partial charge in [-0.15, -0.1) is 0 Å². The molecule has 2 heterocycles. The largest absolute Gasteiger partial charge is 0.464 e. The summed E-state index contributed by atoms with van der Waals surface area (Å²) in [5, 5.41) is 0.965. The van der Waals surface area contributed by atoms with Crippen molar-refractivity contribution in [3.8, 4) is 11.1 Å². The van der Waals surface area contributed by atoms with Crippen LogP contribution in [0.1, 0.15) is 0 Å².